The van der Waals surface area contributed by atoms with E-state index in [2.05, 4.69) is 50.1 Å². The molecule has 3 nitrogen and oxygen atoms in total. The Morgan fingerprint density at radius 1 is 1.14 bits per heavy atom. The quantitative estimate of drug-likeness (QED) is 0.822. The van der Waals surface area contributed by atoms with Gasteiger partial charge in [0.25, 0.3) is 0 Å². The number of nitrogens with zero attached hydrogens (tertiary/aromatic N) is 1. The SMILES string of the molecule is CCc1ccc(C(=N)c2cccnc2NC(C)(C)C)cc1. The second-order valence-corrected chi connectivity index (χ2v) is 6.20. The highest BCUT2D eigenvalue weighted by atomic mass is 15.0. The zero-order valence-electron chi connectivity index (χ0n) is 13.2. The summed E-state index contributed by atoms with van der Waals surface area (Å²) < 4.78 is 0. The monoisotopic (exact) mass is 281 g/mol. The first-order chi connectivity index (χ1) is 9.90. The highest BCUT2D eigenvalue weighted by molar-refractivity contribution is 6.13. The maximum absolute atomic E-state index is 8.47. The van der Waals surface area contributed by atoms with Gasteiger partial charge in [-0.2, -0.15) is 0 Å². The second kappa shape index (κ2) is 6.08. The lowest BCUT2D eigenvalue weighted by molar-refractivity contribution is 0.630. The molecule has 0 amide bonds. The molecule has 0 unspecified atom stereocenters. The normalized spacial score (nSPS) is 11.2. The summed E-state index contributed by atoms with van der Waals surface area (Å²) in [7, 11) is 0. The van der Waals surface area contributed by atoms with Crippen LogP contribution in [0.1, 0.15) is 44.4 Å². The number of rotatable bonds is 4. The van der Waals surface area contributed by atoms with E-state index in [0.717, 1.165) is 23.4 Å². The zero-order chi connectivity index (χ0) is 15.5. The van der Waals surface area contributed by atoms with Crippen molar-refractivity contribution in [3.63, 3.8) is 0 Å². The van der Waals surface area contributed by atoms with Gasteiger partial charge in [0.15, 0.2) is 0 Å². The van der Waals surface area contributed by atoms with E-state index < -0.39 is 0 Å². The summed E-state index contributed by atoms with van der Waals surface area (Å²) in [5, 5.41) is 11.8. The van der Waals surface area contributed by atoms with Crippen LogP contribution < -0.4 is 5.32 Å². The third-order valence-corrected chi connectivity index (χ3v) is 3.22. The smallest absolute Gasteiger partial charge is 0.135 e. The molecule has 0 bridgehead atoms. The summed E-state index contributed by atoms with van der Waals surface area (Å²) in [4.78, 5) is 4.39. The van der Waals surface area contributed by atoms with Gasteiger partial charge in [0.05, 0.1) is 5.71 Å². The van der Waals surface area contributed by atoms with Crippen LogP contribution in [0.15, 0.2) is 42.6 Å². The molecule has 0 atom stereocenters. The predicted molar refractivity (Wildman–Crippen MR) is 89.4 cm³/mol. The van der Waals surface area contributed by atoms with Crippen LogP contribution in [0.3, 0.4) is 0 Å². The predicted octanol–water partition coefficient (Wildman–Crippen LogP) is 4.27. The first-order valence-electron chi connectivity index (χ1n) is 7.32. The standard InChI is InChI=1S/C18H23N3/c1-5-13-8-10-14(11-9-13)16(19)15-7-6-12-20-17(15)21-18(2,3)4/h6-12,19H,5H2,1-4H3,(H,20,21). The highest BCUT2D eigenvalue weighted by Gasteiger charge is 2.16. The molecule has 0 fully saturated rings. The van der Waals surface area contributed by atoms with Crippen LogP contribution >= 0.6 is 0 Å². The Labute approximate surface area is 126 Å². The van der Waals surface area contributed by atoms with E-state index in [1.165, 1.54) is 5.56 Å². The molecule has 2 N–H and O–H groups in total. The number of hydrogen-bond acceptors (Lipinski definition) is 3. The maximum Gasteiger partial charge on any atom is 0.135 e. The van der Waals surface area contributed by atoms with Crippen LogP contribution in [0, 0.1) is 5.41 Å². The lowest BCUT2D eigenvalue weighted by Gasteiger charge is -2.23. The summed E-state index contributed by atoms with van der Waals surface area (Å²) in [5.74, 6) is 0.759. The molecule has 1 aromatic carbocycles. The van der Waals surface area contributed by atoms with Gasteiger partial charge in [0, 0.05) is 22.9 Å². The van der Waals surface area contributed by atoms with Gasteiger partial charge in [-0.15, -0.1) is 0 Å². The van der Waals surface area contributed by atoms with E-state index >= 15 is 0 Å². The summed E-state index contributed by atoms with van der Waals surface area (Å²) in [5.41, 5.74) is 3.44. The summed E-state index contributed by atoms with van der Waals surface area (Å²) in [6.45, 7) is 8.40. The molecular formula is C18H23N3. The molecule has 1 aromatic heterocycles. The van der Waals surface area contributed by atoms with Gasteiger partial charge in [0.1, 0.15) is 5.82 Å². The Morgan fingerprint density at radius 3 is 2.38 bits per heavy atom. The summed E-state index contributed by atoms with van der Waals surface area (Å²) >= 11 is 0. The largest absolute Gasteiger partial charge is 0.365 e. The molecule has 0 radical (unpaired) electrons. The number of nitrogens with one attached hydrogen (secondary N) is 2. The average molecular weight is 281 g/mol. The van der Waals surface area contributed by atoms with Crippen molar-refractivity contribution in [3.8, 4) is 0 Å². The zero-order valence-corrected chi connectivity index (χ0v) is 13.2. The number of benzene rings is 1. The Bertz CT molecular complexity index is 622. The van der Waals surface area contributed by atoms with Gasteiger partial charge in [-0.3, -0.25) is 5.41 Å². The Hall–Kier alpha value is -2.16. The van der Waals surface area contributed by atoms with Crippen molar-refractivity contribution in [1.82, 2.24) is 4.98 Å². The number of hydrogen-bond donors (Lipinski definition) is 2. The Morgan fingerprint density at radius 2 is 1.81 bits per heavy atom. The van der Waals surface area contributed by atoms with Crippen molar-refractivity contribution in [2.45, 2.75) is 39.7 Å². The molecule has 0 aliphatic rings. The van der Waals surface area contributed by atoms with Crippen molar-refractivity contribution >= 4 is 11.5 Å². The highest BCUT2D eigenvalue weighted by Crippen LogP contribution is 2.20. The van der Waals surface area contributed by atoms with Crippen LogP contribution in [-0.2, 0) is 6.42 Å². The molecule has 0 saturated carbocycles. The molecule has 0 aliphatic heterocycles. The number of pyridine rings is 1. The molecule has 110 valence electrons. The number of aryl methyl sites for hydroxylation is 1. The first kappa shape index (κ1) is 15.2. The fraction of sp³-hybridized carbons (Fsp3) is 0.333. The van der Waals surface area contributed by atoms with Crippen LogP contribution in [0.5, 0.6) is 0 Å². The first-order valence-corrected chi connectivity index (χ1v) is 7.32. The topological polar surface area (TPSA) is 48.8 Å². The number of aromatic nitrogens is 1. The van der Waals surface area contributed by atoms with Crippen molar-refractivity contribution in [2.75, 3.05) is 5.32 Å². The molecule has 3 heteroatoms. The average Bonchev–Trinajstić information content (AvgIpc) is 2.45. The molecule has 0 spiro atoms. The molecule has 0 aliphatic carbocycles. The van der Waals surface area contributed by atoms with Gasteiger partial charge in [-0.05, 0) is 44.9 Å². The van der Waals surface area contributed by atoms with Crippen molar-refractivity contribution in [3.05, 3.63) is 59.3 Å². The van der Waals surface area contributed by atoms with Gasteiger partial charge in [-0.1, -0.05) is 31.2 Å². The van der Waals surface area contributed by atoms with Crippen LogP contribution in [-0.4, -0.2) is 16.2 Å². The molecule has 1 heterocycles. The van der Waals surface area contributed by atoms with Crippen molar-refractivity contribution in [1.29, 1.82) is 5.41 Å². The van der Waals surface area contributed by atoms with Crippen LogP contribution in [0.4, 0.5) is 5.82 Å². The molecular weight excluding hydrogens is 258 g/mol. The van der Waals surface area contributed by atoms with E-state index in [1.807, 2.05) is 24.3 Å². The van der Waals surface area contributed by atoms with Gasteiger partial charge >= 0.3 is 0 Å². The van der Waals surface area contributed by atoms with Crippen molar-refractivity contribution < 1.29 is 0 Å². The minimum absolute atomic E-state index is 0.0878. The molecule has 0 saturated heterocycles. The Balaban J connectivity index is 2.34. The third-order valence-electron chi connectivity index (χ3n) is 3.22. The van der Waals surface area contributed by atoms with E-state index in [0.29, 0.717) is 5.71 Å². The Kier molecular flexibility index (Phi) is 4.41. The lowest BCUT2D eigenvalue weighted by atomic mass is 10.00. The van der Waals surface area contributed by atoms with Gasteiger partial charge in [0.2, 0.25) is 0 Å². The summed E-state index contributed by atoms with van der Waals surface area (Å²) in [6.07, 6.45) is 2.77. The second-order valence-electron chi connectivity index (χ2n) is 6.20. The van der Waals surface area contributed by atoms with E-state index in [9.17, 15) is 0 Å². The lowest BCUT2D eigenvalue weighted by Crippen LogP contribution is -2.28. The fourth-order valence-electron chi connectivity index (χ4n) is 2.12. The minimum Gasteiger partial charge on any atom is -0.365 e. The minimum atomic E-state index is -0.0878. The van der Waals surface area contributed by atoms with Crippen molar-refractivity contribution in [2.24, 2.45) is 0 Å². The van der Waals surface area contributed by atoms with Crippen LogP contribution in [0.25, 0.3) is 0 Å². The van der Waals surface area contributed by atoms with Gasteiger partial charge in [-0.25, -0.2) is 4.98 Å². The summed E-state index contributed by atoms with van der Waals surface area (Å²) in [6, 6.07) is 12.0. The van der Waals surface area contributed by atoms with E-state index in [-0.39, 0.29) is 5.54 Å². The van der Waals surface area contributed by atoms with Crippen LogP contribution in [0.2, 0.25) is 0 Å². The van der Waals surface area contributed by atoms with E-state index in [4.69, 9.17) is 5.41 Å². The van der Waals surface area contributed by atoms with E-state index in [1.54, 1.807) is 6.20 Å². The third kappa shape index (κ3) is 3.91. The molecule has 2 rings (SSSR count). The number of anilines is 1. The molecule has 21 heavy (non-hydrogen) atoms. The fourth-order valence-corrected chi connectivity index (χ4v) is 2.12. The van der Waals surface area contributed by atoms with Gasteiger partial charge < -0.3 is 5.32 Å². The molecule has 2 aromatic rings. The maximum atomic E-state index is 8.47.